The fourth-order valence-corrected chi connectivity index (χ4v) is 2.94. The lowest BCUT2D eigenvalue weighted by Gasteiger charge is -2.01. The van der Waals surface area contributed by atoms with Crippen molar-refractivity contribution in [3.63, 3.8) is 0 Å². The third-order valence-corrected chi connectivity index (χ3v) is 4.53. The summed E-state index contributed by atoms with van der Waals surface area (Å²) in [6.07, 6.45) is 2.82. The molecular weight excluding hydrogens is 336 g/mol. The molecule has 0 aliphatic carbocycles. The van der Waals surface area contributed by atoms with E-state index in [-0.39, 0.29) is 5.75 Å². The number of hydrogen-bond donors (Lipinski definition) is 1. The van der Waals surface area contributed by atoms with Crippen molar-refractivity contribution >= 4 is 17.2 Å². The van der Waals surface area contributed by atoms with Gasteiger partial charge in [0, 0.05) is 11.8 Å². The highest BCUT2D eigenvalue weighted by Crippen LogP contribution is 2.34. The number of aromatic hydroxyl groups is 1. The summed E-state index contributed by atoms with van der Waals surface area (Å²) < 4.78 is 1.76. The van der Waals surface area contributed by atoms with Crippen molar-refractivity contribution in [2.24, 2.45) is 10.2 Å². The molecule has 0 aliphatic rings. The first-order valence-corrected chi connectivity index (χ1v) is 8.93. The molecule has 5 heteroatoms. The summed E-state index contributed by atoms with van der Waals surface area (Å²) in [5.74, 6) is 0.698. The van der Waals surface area contributed by atoms with Crippen LogP contribution in [0.1, 0.15) is 18.1 Å². The van der Waals surface area contributed by atoms with Gasteiger partial charge in [-0.25, -0.2) is 4.98 Å². The van der Waals surface area contributed by atoms with Gasteiger partial charge in [0.05, 0.1) is 5.69 Å². The molecule has 2 aromatic heterocycles. The molecule has 0 radical (unpaired) electrons. The summed E-state index contributed by atoms with van der Waals surface area (Å²) in [5, 5.41) is 19.1. The van der Waals surface area contributed by atoms with Crippen molar-refractivity contribution < 1.29 is 5.11 Å². The van der Waals surface area contributed by atoms with Crippen LogP contribution >= 0.6 is 0 Å². The summed E-state index contributed by atoms with van der Waals surface area (Å²) in [5.41, 5.74) is 5.28. The number of pyridine rings is 1. The third kappa shape index (κ3) is 3.31. The van der Waals surface area contributed by atoms with Crippen molar-refractivity contribution in [3.8, 4) is 17.0 Å². The van der Waals surface area contributed by atoms with Crippen LogP contribution in [0.4, 0.5) is 11.5 Å². The Kier molecular flexibility index (Phi) is 4.42. The Balaban J connectivity index is 1.84. The maximum absolute atomic E-state index is 10.2. The number of aryl methyl sites for hydroxylation is 2. The van der Waals surface area contributed by atoms with Gasteiger partial charge in [-0.15, -0.1) is 10.2 Å². The fraction of sp³-hybridized carbons (Fsp3) is 0.136. The zero-order chi connectivity index (χ0) is 18.8. The standard InChI is InChI=1S/C22H20N4O/c1-3-16-8-12-18(13-9-16)24-25-22-20(17-10-6-15(2)7-11-17)23-21-19(27)5-4-14-26(21)22/h4-14,27H,3H2,1-2H3. The topological polar surface area (TPSA) is 62.2 Å². The molecule has 134 valence electrons. The molecule has 0 spiro atoms. The maximum atomic E-state index is 10.2. The zero-order valence-corrected chi connectivity index (χ0v) is 15.3. The lowest BCUT2D eigenvalue weighted by molar-refractivity contribution is 0.477. The Labute approximate surface area is 157 Å². The minimum atomic E-state index is 0.111. The number of benzene rings is 2. The second-order valence-electron chi connectivity index (χ2n) is 6.46. The van der Waals surface area contributed by atoms with E-state index >= 15 is 0 Å². The normalized spacial score (nSPS) is 11.5. The van der Waals surface area contributed by atoms with Gasteiger partial charge in [0.15, 0.2) is 17.2 Å². The average molecular weight is 356 g/mol. The SMILES string of the molecule is CCc1ccc(N=Nc2c(-c3ccc(C)cc3)nc3c(O)cccn23)cc1. The van der Waals surface area contributed by atoms with Crippen LogP contribution in [-0.2, 0) is 6.42 Å². The number of azo groups is 1. The number of fused-ring (bicyclic) bond motifs is 1. The van der Waals surface area contributed by atoms with Crippen LogP contribution in [0.2, 0.25) is 0 Å². The minimum absolute atomic E-state index is 0.111. The maximum Gasteiger partial charge on any atom is 0.187 e. The van der Waals surface area contributed by atoms with Gasteiger partial charge >= 0.3 is 0 Å². The number of imidazole rings is 1. The van der Waals surface area contributed by atoms with Crippen molar-refractivity contribution in [1.82, 2.24) is 9.38 Å². The van der Waals surface area contributed by atoms with Gasteiger partial charge in [-0.05, 0) is 43.2 Å². The fourth-order valence-electron chi connectivity index (χ4n) is 2.94. The largest absolute Gasteiger partial charge is 0.504 e. The van der Waals surface area contributed by atoms with E-state index in [9.17, 15) is 5.11 Å². The van der Waals surface area contributed by atoms with Crippen LogP contribution in [0.15, 0.2) is 77.1 Å². The van der Waals surface area contributed by atoms with Crippen LogP contribution in [0.3, 0.4) is 0 Å². The van der Waals surface area contributed by atoms with Gasteiger partial charge in [-0.1, -0.05) is 48.9 Å². The zero-order valence-electron chi connectivity index (χ0n) is 15.3. The van der Waals surface area contributed by atoms with E-state index in [1.54, 1.807) is 16.5 Å². The quantitative estimate of drug-likeness (QED) is 0.456. The lowest BCUT2D eigenvalue weighted by atomic mass is 10.1. The lowest BCUT2D eigenvalue weighted by Crippen LogP contribution is -1.83. The molecule has 2 heterocycles. The van der Waals surface area contributed by atoms with E-state index in [0.717, 1.165) is 17.7 Å². The van der Waals surface area contributed by atoms with Gasteiger partial charge in [0.25, 0.3) is 0 Å². The van der Waals surface area contributed by atoms with Gasteiger partial charge in [-0.2, -0.15) is 0 Å². The van der Waals surface area contributed by atoms with Gasteiger partial charge in [-0.3, -0.25) is 4.40 Å². The Morgan fingerprint density at radius 3 is 2.41 bits per heavy atom. The molecule has 4 aromatic rings. The minimum Gasteiger partial charge on any atom is -0.504 e. The number of hydrogen-bond acceptors (Lipinski definition) is 4. The highest BCUT2D eigenvalue weighted by atomic mass is 16.3. The number of rotatable bonds is 4. The monoisotopic (exact) mass is 356 g/mol. The molecule has 0 amide bonds. The van der Waals surface area contributed by atoms with E-state index in [4.69, 9.17) is 0 Å². The molecule has 4 rings (SSSR count). The highest BCUT2D eigenvalue weighted by Gasteiger charge is 2.16. The van der Waals surface area contributed by atoms with E-state index in [0.29, 0.717) is 17.2 Å². The Hall–Kier alpha value is -3.47. The van der Waals surface area contributed by atoms with Crippen LogP contribution in [0.25, 0.3) is 16.9 Å². The summed E-state index contributed by atoms with van der Waals surface area (Å²) in [6, 6.07) is 19.5. The Morgan fingerprint density at radius 1 is 0.963 bits per heavy atom. The first kappa shape index (κ1) is 17.0. The molecule has 0 atom stereocenters. The first-order chi connectivity index (χ1) is 13.2. The third-order valence-electron chi connectivity index (χ3n) is 4.53. The van der Waals surface area contributed by atoms with Crippen LogP contribution in [0, 0.1) is 6.92 Å². The van der Waals surface area contributed by atoms with E-state index < -0.39 is 0 Å². The van der Waals surface area contributed by atoms with E-state index in [1.807, 2.05) is 49.5 Å². The summed E-state index contributed by atoms with van der Waals surface area (Å²) in [7, 11) is 0. The smallest absolute Gasteiger partial charge is 0.187 e. The molecule has 0 fully saturated rings. The van der Waals surface area contributed by atoms with Crippen LogP contribution < -0.4 is 0 Å². The van der Waals surface area contributed by atoms with E-state index in [2.05, 4.69) is 34.3 Å². The van der Waals surface area contributed by atoms with Crippen LogP contribution in [0.5, 0.6) is 5.75 Å². The molecule has 5 nitrogen and oxygen atoms in total. The number of aromatic nitrogens is 2. The van der Waals surface area contributed by atoms with Crippen molar-refractivity contribution in [2.75, 3.05) is 0 Å². The first-order valence-electron chi connectivity index (χ1n) is 8.93. The van der Waals surface area contributed by atoms with Gasteiger partial charge in [0.2, 0.25) is 0 Å². The Bertz CT molecular complexity index is 1110. The highest BCUT2D eigenvalue weighted by molar-refractivity contribution is 5.76. The van der Waals surface area contributed by atoms with Crippen molar-refractivity contribution in [3.05, 3.63) is 78.0 Å². The van der Waals surface area contributed by atoms with Crippen molar-refractivity contribution in [2.45, 2.75) is 20.3 Å². The summed E-state index contributed by atoms with van der Waals surface area (Å²) >= 11 is 0. The van der Waals surface area contributed by atoms with Gasteiger partial charge < -0.3 is 5.11 Å². The molecule has 1 N–H and O–H groups in total. The molecule has 27 heavy (non-hydrogen) atoms. The molecule has 0 unspecified atom stereocenters. The Morgan fingerprint density at radius 2 is 1.70 bits per heavy atom. The molecular formula is C22H20N4O. The molecule has 0 aliphatic heterocycles. The van der Waals surface area contributed by atoms with Gasteiger partial charge in [0.1, 0.15) is 5.69 Å². The molecule has 0 saturated heterocycles. The molecule has 0 saturated carbocycles. The van der Waals surface area contributed by atoms with Crippen molar-refractivity contribution in [1.29, 1.82) is 0 Å². The van der Waals surface area contributed by atoms with E-state index in [1.165, 1.54) is 11.1 Å². The molecule has 0 bridgehead atoms. The predicted molar refractivity (Wildman–Crippen MR) is 107 cm³/mol. The summed E-state index contributed by atoms with van der Waals surface area (Å²) in [6.45, 7) is 4.16. The average Bonchev–Trinajstić information content (AvgIpc) is 3.07. The predicted octanol–water partition coefficient (Wildman–Crippen LogP) is 5.99. The second-order valence-corrected chi connectivity index (χ2v) is 6.46. The number of nitrogens with zero attached hydrogens (tertiary/aromatic N) is 4. The summed E-state index contributed by atoms with van der Waals surface area (Å²) in [4.78, 5) is 4.61. The van der Waals surface area contributed by atoms with Crippen LogP contribution in [-0.4, -0.2) is 14.5 Å². The molecule has 2 aromatic carbocycles. The second kappa shape index (κ2) is 7.03.